The van der Waals surface area contributed by atoms with Crippen molar-refractivity contribution < 1.29 is 23.5 Å². The Kier molecular flexibility index (Phi) is 4.64. The minimum absolute atomic E-state index is 0.0868. The molecule has 126 valence electrons. The van der Waals surface area contributed by atoms with Crippen molar-refractivity contribution in [2.24, 2.45) is 0 Å². The molecular formula is C16H17N3O5. The maximum atomic E-state index is 12.0. The van der Waals surface area contributed by atoms with Crippen LogP contribution in [0.1, 0.15) is 22.8 Å². The van der Waals surface area contributed by atoms with Crippen molar-refractivity contribution >= 4 is 11.8 Å². The van der Waals surface area contributed by atoms with Crippen LogP contribution in [-0.4, -0.2) is 36.5 Å². The fourth-order valence-electron chi connectivity index (χ4n) is 2.26. The van der Waals surface area contributed by atoms with Crippen LogP contribution >= 0.6 is 0 Å². The average molecular weight is 331 g/mol. The normalized spacial score (nSPS) is 16.5. The highest BCUT2D eigenvalue weighted by molar-refractivity contribution is 5.96. The van der Waals surface area contributed by atoms with E-state index in [0.717, 1.165) is 5.75 Å². The third-order valence-corrected chi connectivity index (χ3v) is 3.56. The molecule has 2 amide bonds. The van der Waals surface area contributed by atoms with Crippen LogP contribution < -0.4 is 20.1 Å². The number of nitrogens with one attached hydrogen (secondary N) is 2. The second-order valence-electron chi connectivity index (χ2n) is 5.20. The van der Waals surface area contributed by atoms with Gasteiger partial charge in [0.1, 0.15) is 23.8 Å². The Hall–Kier alpha value is -3.03. The molecule has 1 saturated heterocycles. The highest BCUT2D eigenvalue weighted by Gasteiger charge is 2.26. The number of rotatable bonds is 6. The molecule has 2 heterocycles. The van der Waals surface area contributed by atoms with Crippen LogP contribution in [0.3, 0.4) is 0 Å². The molecule has 1 fully saturated rings. The molecule has 0 radical (unpaired) electrons. The summed E-state index contributed by atoms with van der Waals surface area (Å²) < 4.78 is 15.8. The largest absolute Gasteiger partial charge is 0.497 e. The van der Waals surface area contributed by atoms with Crippen molar-refractivity contribution in [2.75, 3.05) is 13.7 Å². The van der Waals surface area contributed by atoms with Gasteiger partial charge in [0.15, 0.2) is 12.3 Å². The first kappa shape index (κ1) is 15.9. The summed E-state index contributed by atoms with van der Waals surface area (Å²) in [6.45, 7) is 0.646. The zero-order chi connectivity index (χ0) is 16.9. The summed E-state index contributed by atoms with van der Waals surface area (Å²) in [6, 6.07) is 6.54. The molecule has 2 N–H and O–H groups in total. The predicted molar refractivity (Wildman–Crippen MR) is 82.7 cm³/mol. The van der Waals surface area contributed by atoms with Crippen LogP contribution in [0.15, 0.2) is 34.9 Å². The Morgan fingerprint density at radius 2 is 2.12 bits per heavy atom. The molecule has 0 bridgehead atoms. The van der Waals surface area contributed by atoms with E-state index in [-0.39, 0.29) is 24.1 Å². The summed E-state index contributed by atoms with van der Waals surface area (Å²) in [6.07, 6.45) is 1.81. The van der Waals surface area contributed by atoms with Gasteiger partial charge in [-0.2, -0.15) is 0 Å². The minimum Gasteiger partial charge on any atom is -0.497 e. The van der Waals surface area contributed by atoms with E-state index in [0.29, 0.717) is 18.7 Å². The summed E-state index contributed by atoms with van der Waals surface area (Å²) in [5, 5.41) is 5.27. The first-order chi connectivity index (χ1) is 11.7. The quantitative estimate of drug-likeness (QED) is 0.814. The van der Waals surface area contributed by atoms with Gasteiger partial charge in [-0.25, -0.2) is 4.98 Å². The van der Waals surface area contributed by atoms with E-state index >= 15 is 0 Å². The Morgan fingerprint density at radius 3 is 2.79 bits per heavy atom. The molecule has 3 rings (SSSR count). The molecule has 8 heteroatoms. The third kappa shape index (κ3) is 3.65. The molecule has 0 saturated carbocycles. The Morgan fingerprint density at radius 1 is 1.38 bits per heavy atom. The number of methoxy groups -OCH3 is 1. The van der Waals surface area contributed by atoms with Crippen LogP contribution in [0.4, 0.5) is 0 Å². The predicted octanol–water partition coefficient (Wildman–Crippen LogP) is 0.880. The van der Waals surface area contributed by atoms with Gasteiger partial charge in [0.2, 0.25) is 11.8 Å². The highest BCUT2D eigenvalue weighted by Crippen LogP contribution is 2.18. The van der Waals surface area contributed by atoms with Gasteiger partial charge >= 0.3 is 0 Å². The summed E-state index contributed by atoms with van der Waals surface area (Å²) in [5.41, 5.74) is 0.114. The van der Waals surface area contributed by atoms with Gasteiger partial charge < -0.3 is 24.5 Å². The number of carbonyl (C=O) groups is 2. The maximum absolute atomic E-state index is 12.0. The first-order valence-electron chi connectivity index (χ1n) is 7.45. The van der Waals surface area contributed by atoms with Gasteiger partial charge in [0, 0.05) is 6.54 Å². The van der Waals surface area contributed by atoms with Crippen LogP contribution in [0.5, 0.6) is 11.5 Å². The molecule has 2 aromatic rings. The van der Waals surface area contributed by atoms with Gasteiger partial charge in [-0.3, -0.25) is 9.59 Å². The van der Waals surface area contributed by atoms with Crippen molar-refractivity contribution in [3.63, 3.8) is 0 Å². The van der Waals surface area contributed by atoms with E-state index in [1.54, 1.807) is 31.4 Å². The number of nitrogens with zero attached hydrogens (tertiary/aromatic N) is 1. The number of ether oxygens (including phenoxy) is 2. The number of amides is 2. The van der Waals surface area contributed by atoms with Crippen LogP contribution in [-0.2, 0) is 11.4 Å². The lowest BCUT2D eigenvalue weighted by molar-refractivity contribution is -0.120. The monoisotopic (exact) mass is 331 g/mol. The standard InChI is InChI=1S/C16H17N3O5/c1-22-10-2-4-11(5-3-10)23-9-14-18-13(8-24-14)16(21)19-12-6-7-17-15(12)20/h2-5,8,12H,6-7,9H2,1H3,(H,17,20)(H,19,21)/t12-/m0/s1. The van der Waals surface area contributed by atoms with Crippen LogP contribution in [0.25, 0.3) is 0 Å². The topological polar surface area (TPSA) is 103 Å². The molecular weight excluding hydrogens is 314 g/mol. The van der Waals surface area contributed by atoms with E-state index in [2.05, 4.69) is 15.6 Å². The minimum atomic E-state index is -0.520. The van der Waals surface area contributed by atoms with Gasteiger partial charge in [0.05, 0.1) is 7.11 Å². The zero-order valence-corrected chi connectivity index (χ0v) is 13.1. The van der Waals surface area contributed by atoms with E-state index < -0.39 is 11.9 Å². The number of oxazole rings is 1. The van der Waals surface area contributed by atoms with E-state index in [1.165, 1.54) is 6.26 Å². The molecule has 1 aromatic heterocycles. The van der Waals surface area contributed by atoms with E-state index in [1.807, 2.05) is 0 Å². The molecule has 24 heavy (non-hydrogen) atoms. The Labute approximate surface area is 138 Å². The molecule has 1 atom stereocenters. The Balaban J connectivity index is 1.54. The fourth-order valence-corrected chi connectivity index (χ4v) is 2.26. The molecule has 1 aliphatic rings. The van der Waals surface area contributed by atoms with Crippen molar-refractivity contribution in [2.45, 2.75) is 19.1 Å². The molecule has 1 aliphatic heterocycles. The lowest BCUT2D eigenvalue weighted by atomic mass is 10.2. The highest BCUT2D eigenvalue weighted by atomic mass is 16.5. The van der Waals surface area contributed by atoms with Crippen molar-refractivity contribution in [1.29, 1.82) is 0 Å². The lowest BCUT2D eigenvalue weighted by Crippen LogP contribution is -2.40. The summed E-state index contributed by atoms with van der Waals surface area (Å²) in [4.78, 5) is 27.6. The number of hydrogen-bond acceptors (Lipinski definition) is 6. The van der Waals surface area contributed by atoms with Crippen LogP contribution in [0.2, 0.25) is 0 Å². The molecule has 0 unspecified atom stereocenters. The zero-order valence-electron chi connectivity index (χ0n) is 13.1. The Bertz CT molecular complexity index is 726. The molecule has 0 aliphatic carbocycles. The maximum Gasteiger partial charge on any atom is 0.273 e. The van der Waals surface area contributed by atoms with Crippen LogP contribution in [0, 0.1) is 0 Å². The molecule has 0 spiro atoms. The smallest absolute Gasteiger partial charge is 0.273 e. The second kappa shape index (κ2) is 7.03. The van der Waals surface area contributed by atoms with Crippen molar-refractivity contribution in [1.82, 2.24) is 15.6 Å². The number of carbonyl (C=O) groups excluding carboxylic acids is 2. The lowest BCUT2D eigenvalue weighted by Gasteiger charge is -2.07. The van der Waals surface area contributed by atoms with Gasteiger partial charge in [-0.15, -0.1) is 0 Å². The van der Waals surface area contributed by atoms with Crippen molar-refractivity contribution in [3.05, 3.63) is 42.1 Å². The van der Waals surface area contributed by atoms with E-state index in [4.69, 9.17) is 13.9 Å². The molecule has 8 nitrogen and oxygen atoms in total. The summed E-state index contributed by atoms with van der Waals surface area (Å²) >= 11 is 0. The molecule has 1 aromatic carbocycles. The first-order valence-corrected chi connectivity index (χ1v) is 7.45. The second-order valence-corrected chi connectivity index (χ2v) is 5.20. The number of benzene rings is 1. The number of hydrogen-bond donors (Lipinski definition) is 2. The summed E-state index contributed by atoms with van der Waals surface area (Å²) in [5.74, 6) is 0.995. The van der Waals surface area contributed by atoms with Gasteiger partial charge in [-0.05, 0) is 30.7 Å². The van der Waals surface area contributed by atoms with Gasteiger partial charge in [0.25, 0.3) is 5.91 Å². The average Bonchev–Trinajstić information content (AvgIpc) is 3.23. The fraction of sp³-hybridized carbons (Fsp3) is 0.312. The van der Waals surface area contributed by atoms with Gasteiger partial charge in [-0.1, -0.05) is 0 Å². The third-order valence-electron chi connectivity index (χ3n) is 3.56. The SMILES string of the molecule is COc1ccc(OCc2nc(C(=O)N[C@H]3CCNC3=O)co2)cc1. The van der Waals surface area contributed by atoms with Crippen molar-refractivity contribution in [3.8, 4) is 11.5 Å². The number of aromatic nitrogens is 1. The van der Waals surface area contributed by atoms with E-state index in [9.17, 15) is 9.59 Å². The summed E-state index contributed by atoms with van der Waals surface area (Å²) in [7, 11) is 1.59.